The van der Waals surface area contributed by atoms with E-state index < -0.39 is 24.6 Å². The Bertz CT molecular complexity index is 447. The van der Waals surface area contributed by atoms with Crippen LogP contribution in [0.1, 0.15) is 0 Å². The van der Waals surface area contributed by atoms with Gasteiger partial charge in [-0.25, -0.2) is 4.79 Å². The van der Waals surface area contributed by atoms with Crippen LogP contribution >= 0.6 is 0 Å². The van der Waals surface area contributed by atoms with Gasteiger partial charge in [0.25, 0.3) is 0 Å². The molecule has 16 heavy (non-hydrogen) atoms. The molecule has 0 radical (unpaired) electrons. The van der Waals surface area contributed by atoms with Crippen LogP contribution in [-0.2, 0) is 4.79 Å². The summed E-state index contributed by atoms with van der Waals surface area (Å²) in [5.41, 5.74) is 6.40. The van der Waals surface area contributed by atoms with Crippen LogP contribution < -0.4 is 16.0 Å². The van der Waals surface area contributed by atoms with E-state index in [9.17, 15) is 9.59 Å². The summed E-state index contributed by atoms with van der Waals surface area (Å²) in [7, 11) is 0. The summed E-state index contributed by atoms with van der Waals surface area (Å²) in [6.07, 6.45) is -0.917. The van der Waals surface area contributed by atoms with Crippen molar-refractivity contribution in [2.45, 2.75) is 6.17 Å². The first-order valence-corrected chi connectivity index (χ1v) is 4.73. The van der Waals surface area contributed by atoms with Crippen molar-refractivity contribution >= 4 is 23.2 Å². The molecule has 1 atom stereocenters. The highest BCUT2D eigenvalue weighted by atomic mass is 16.3. The molecule has 1 aromatic rings. The molecule has 1 heterocycles. The molecular formula is C10H11N3O3. The van der Waals surface area contributed by atoms with E-state index >= 15 is 0 Å². The average molecular weight is 221 g/mol. The lowest BCUT2D eigenvalue weighted by molar-refractivity contribution is -0.122. The number of Topliss-reactive ketones (excluding diaryl/α,β-unsaturated/α-hetero) is 1. The second kappa shape index (κ2) is 3.82. The van der Waals surface area contributed by atoms with Crippen LogP contribution in [0.15, 0.2) is 24.3 Å². The van der Waals surface area contributed by atoms with E-state index in [0.29, 0.717) is 11.4 Å². The Morgan fingerprint density at radius 2 is 2.12 bits per heavy atom. The number of carbonyl (C=O) groups excluding carboxylic acids is 2. The van der Waals surface area contributed by atoms with E-state index in [-0.39, 0.29) is 0 Å². The Morgan fingerprint density at radius 1 is 1.44 bits per heavy atom. The summed E-state index contributed by atoms with van der Waals surface area (Å²) in [6.45, 7) is -0.643. The minimum absolute atomic E-state index is 0.505. The molecule has 2 rings (SSSR count). The van der Waals surface area contributed by atoms with Gasteiger partial charge in [-0.15, -0.1) is 0 Å². The first kappa shape index (κ1) is 10.4. The molecule has 1 aliphatic heterocycles. The van der Waals surface area contributed by atoms with Crippen molar-refractivity contribution in [3.8, 4) is 0 Å². The predicted octanol–water partition coefficient (Wildman–Crippen LogP) is -0.115. The summed E-state index contributed by atoms with van der Waals surface area (Å²) >= 11 is 0. The van der Waals surface area contributed by atoms with Gasteiger partial charge >= 0.3 is 6.03 Å². The number of ketones is 1. The monoisotopic (exact) mass is 221 g/mol. The molecule has 84 valence electrons. The topological polar surface area (TPSA) is 95.7 Å². The molecule has 1 aliphatic rings. The predicted molar refractivity (Wildman–Crippen MR) is 58.0 cm³/mol. The van der Waals surface area contributed by atoms with Crippen molar-refractivity contribution in [1.29, 1.82) is 0 Å². The second-order valence-corrected chi connectivity index (χ2v) is 3.40. The number of benzene rings is 1. The highest BCUT2D eigenvalue weighted by molar-refractivity contribution is 6.07. The van der Waals surface area contributed by atoms with Gasteiger partial charge in [0.1, 0.15) is 6.61 Å². The zero-order chi connectivity index (χ0) is 11.7. The lowest BCUT2D eigenvalue weighted by Crippen LogP contribution is -2.49. The van der Waals surface area contributed by atoms with Gasteiger partial charge in [-0.05, 0) is 12.1 Å². The molecule has 0 saturated heterocycles. The summed E-state index contributed by atoms with van der Waals surface area (Å²) in [6, 6.07) is 6.19. The molecule has 1 unspecified atom stereocenters. The molecule has 0 aliphatic carbocycles. The van der Waals surface area contributed by atoms with Crippen LogP contribution in [0.3, 0.4) is 0 Å². The maximum Gasteiger partial charge on any atom is 0.321 e. The van der Waals surface area contributed by atoms with E-state index in [1.54, 1.807) is 24.3 Å². The molecular weight excluding hydrogens is 210 g/mol. The van der Waals surface area contributed by atoms with Gasteiger partial charge in [-0.3, -0.25) is 9.69 Å². The number of carbonyl (C=O) groups is 2. The number of nitrogens with zero attached hydrogens (tertiary/aromatic N) is 1. The third kappa shape index (κ3) is 1.49. The van der Waals surface area contributed by atoms with Crippen molar-refractivity contribution in [2.75, 3.05) is 16.8 Å². The first-order valence-electron chi connectivity index (χ1n) is 4.73. The number of anilines is 2. The maximum absolute atomic E-state index is 11.4. The molecule has 2 amide bonds. The van der Waals surface area contributed by atoms with Crippen molar-refractivity contribution < 1.29 is 14.7 Å². The fourth-order valence-corrected chi connectivity index (χ4v) is 1.71. The van der Waals surface area contributed by atoms with Gasteiger partial charge in [0.15, 0.2) is 6.17 Å². The molecule has 0 saturated carbocycles. The van der Waals surface area contributed by atoms with Crippen molar-refractivity contribution in [1.82, 2.24) is 0 Å². The lowest BCUT2D eigenvalue weighted by atomic mass is 10.2. The van der Waals surface area contributed by atoms with Crippen molar-refractivity contribution in [2.24, 2.45) is 5.73 Å². The molecule has 0 fully saturated rings. The van der Waals surface area contributed by atoms with E-state index in [2.05, 4.69) is 5.32 Å². The Balaban J connectivity index is 2.41. The number of rotatable bonds is 2. The van der Waals surface area contributed by atoms with Gasteiger partial charge in [0, 0.05) is 0 Å². The average Bonchev–Trinajstić information content (AvgIpc) is 2.67. The van der Waals surface area contributed by atoms with Crippen LogP contribution in [0.5, 0.6) is 0 Å². The Kier molecular flexibility index (Phi) is 2.49. The van der Waals surface area contributed by atoms with Crippen LogP contribution in [0, 0.1) is 0 Å². The number of amides is 2. The number of aliphatic hydroxyl groups is 1. The maximum atomic E-state index is 11.4. The number of urea groups is 1. The van der Waals surface area contributed by atoms with E-state index in [1.807, 2.05) is 0 Å². The number of nitrogens with one attached hydrogen (secondary N) is 1. The number of hydrogen-bond donors (Lipinski definition) is 3. The summed E-state index contributed by atoms with van der Waals surface area (Å²) < 4.78 is 0. The standard InChI is InChI=1S/C10H11N3O3/c11-10(16)13-7-4-2-1-3-6(7)12-9(13)8(15)5-14/h1-4,9,12,14H,5H2,(H2,11,16). The SMILES string of the molecule is NC(=O)N1c2ccccc2NC1C(=O)CO. The van der Waals surface area contributed by atoms with Crippen LogP contribution in [0.4, 0.5) is 16.2 Å². The van der Waals surface area contributed by atoms with E-state index in [1.165, 1.54) is 0 Å². The Morgan fingerprint density at radius 3 is 2.75 bits per heavy atom. The minimum Gasteiger partial charge on any atom is -0.388 e. The highest BCUT2D eigenvalue weighted by Crippen LogP contribution is 2.33. The number of nitrogens with two attached hydrogens (primary N) is 1. The van der Waals surface area contributed by atoms with E-state index in [4.69, 9.17) is 10.8 Å². The smallest absolute Gasteiger partial charge is 0.321 e. The number of para-hydroxylation sites is 2. The summed E-state index contributed by atoms with van der Waals surface area (Å²) in [4.78, 5) is 23.8. The quantitative estimate of drug-likeness (QED) is 0.649. The highest BCUT2D eigenvalue weighted by Gasteiger charge is 2.36. The normalized spacial score (nSPS) is 17.8. The van der Waals surface area contributed by atoms with Crippen molar-refractivity contribution in [3.63, 3.8) is 0 Å². The van der Waals surface area contributed by atoms with Crippen LogP contribution in [0.25, 0.3) is 0 Å². The van der Waals surface area contributed by atoms with Gasteiger partial charge in [-0.2, -0.15) is 0 Å². The number of primary amides is 1. The molecule has 0 bridgehead atoms. The minimum atomic E-state index is -0.917. The number of hydrogen-bond acceptors (Lipinski definition) is 4. The van der Waals surface area contributed by atoms with Gasteiger partial charge in [0.05, 0.1) is 11.4 Å². The number of fused-ring (bicyclic) bond motifs is 1. The zero-order valence-electron chi connectivity index (χ0n) is 8.38. The summed E-state index contributed by atoms with van der Waals surface area (Å²) in [5, 5.41) is 11.6. The van der Waals surface area contributed by atoms with Gasteiger partial charge in [-0.1, -0.05) is 12.1 Å². The molecule has 1 aromatic carbocycles. The van der Waals surface area contributed by atoms with Gasteiger partial charge < -0.3 is 16.2 Å². The molecule has 6 heteroatoms. The van der Waals surface area contributed by atoms with Crippen LogP contribution in [0.2, 0.25) is 0 Å². The molecule has 0 aromatic heterocycles. The molecule has 0 spiro atoms. The lowest BCUT2D eigenvalue weighted by Gasteiger charge is -2.20. The van der Waals surface area contributed by atoms with Crippen LogP contribution in [-0.4, -0.2) is 29.7 Å². The third-order valence-corrected chi connectivity index (χ3v) is 2.41. The van der Waals surface area contributed by atoms with E-state index in [0.717, 1.165) is 4.90 Å². The fourth-order valence-electron chi connectivity index (χ4n) is 1.71. The largest absolute Gasteiger partial charge is 0.388 e. The zero-order valence-corrected chi connectivity index (χ0v) is 8.38. The second-order valence-electron chi connectivity index (χ2n) is 3.40. The number of aliphatic hydroxyl groups excluding tert-OH is 1. The molecule has 4 N–H and O–H groups in total. The van der Waals surface area contributed by atoms with Gasteiger partial charge in [0.2, 0.25) is 5.78 Å². The van der Waals surface area contributed by atoms with Crippen molar-refractivity contribution in [3.05, 3.63) is 24.3 Å². The summed E-state index contributed by atoms with van der Waals surface area (Å²) in [5.74, 6) is -0.505. The first-order chi connectivity index (χ1) is 7.65. The molecule has 6 nitrogen and oxygen atoms in total. The third-order valence-electron chi connectivity index (χ3n) is 2.41. The fraction of sp³-hybridized carbons (Fsp3) is 0.200. The Hall–Kier alpha value is -2.08. The Labute approximate surface area is 91.7 Å².